The number of carboxylic acid groups (broad SMARTS) is 1. The molecule has 0 saturated heterocycles. The Morgan fingerprint density at radius 3 is 2.53 bits per heavy atom. The summed E-state index contributed by atoms with van der Waals surface area (Å²) in [6.45, 7) is 1.39. The van der Waals surface area contributed by atoms with Crippen molar-refractivity contribution >= 4 is 22.7 Å². The third-order valence-corrected chi connectivity index (χ3v) is 2.52. The summed E-state index contributed by atoms with van der Waals surface area (Å²) >= 11 is 0. The van der Waals surface area contributed by atoms with E-state index >= 15 is 0 Å². The number of hydrogen-bond acceptors (Lipinski definition) is 3. The van der Waals surface area contributed by atoms with Gasteiger partial charge in [0.15, 0.2) is 5.78 Å². The van der Waals surface area contributed by atoms with Crippen LogP contribution in [0.5, 0.6) is 0 Å². The number of benzene rings is 1. The van der Waals surface area contributed by atoms with Gasteiger partial charge in [0.05, 0.1) is 5.52 Å². The Balaban J connectivity index is 2.90. The molecule has 2 aromatic rings. The Hall–Kier alpha value is -2.43. The monoisotopic (exact) mass is 231 g/mol. The number of H-pyrrole nitrogens is 1. The van der Waals surface area contributed by atoms with Crippen molar-refractivity contribution in [3.8, 4) is 0 Å². The largest absolute Gasteiger partial charge is 0.477 e. The molecule has 0 aliphatic heterocycles. The fraction of sp³-hybridized carbons (Fsp3) is 0.0833. The molecule has 0 bridgehead atoms. The minimum absolute atomic E-state index is 0.186. The van der Waals surface area contributed by atoms with Gasteiger partial charge in [-0.25, -0.2) is 4.79 Å². The van der Waals surface area contributed by atoms with Crippen LogP contribution in [-0.4, -0.2) is 21.8 Å². The third kappa shape index (κ3) is 1.71. The van der Waals surface area contributed by atoms with E-state index in [1.807, 2.05) is 0 Å². The SMILES string of the molecule is CC(=O)c1cccc2c(=O)c(C(=O)O)c[nH]c12. The van der Waals surface area contributed by atoms with Gasteiger partial charge in [-0.3, -0.25) is 9.59 Å². The molecule has 0 saturated carbocycles. The van der Waals surface area contributed by atoms with E-state index < -0.39 is 11.4 Å². The lowest BCUT2D eigenvalue weighted by atomic mass is 10.1. The van der Waals surface area contributed by atoms with Crippen molar-refractivity contribution in [2.75, 3.05) is 0 Å². The minimum Gasteiger partial charge on any atom is -0.477 e. The molecule has 1 aromatic heterocycles. The van der Waals surface area contributed by atoms with Crippen LogP contribution in [0.2, 0.25) is 0 Å². The van der Waals surface area contributed by atoms with Gasteiger partial charge >= 0.3 is 5.97 Å². The fourth-order valence-corrected chi connectivity index (χ4v) is 1.70. The molecule has 2 N–H and O–H groups in total. The summed E-state index contributed by atoms with van der Waals surface area (Å²) in [7, 11) is 0. The first-order valence-electron chi connectivity index (χ1n) is 4.91. The summed E-state index contributed by atoms with van der Waals surface area (Å²) < 4.78 is 0. The number of rotatable bonds is 2. The lowest BCUT2D eigenvalue weighted by Gasteiger charge is -2.03. The quantitative estimate of drug-likeness (QED) is 0.765. The molecule has 5 heteroatoms. The number of aromatic carboxylic acids is 1. The van der Waals surface area contributed by atoms with Crippen molar-refractivity contribution in [3.63, 3.8) is 0 Å². The first-order valence-corrected chi connectivity index (χ1v) is 4.91. The molecule has 0 spiro atoms. The number of carbonyl (C=O) groups is 2. The Morgan fingerprint density at radius 1 is 1.24 bits per heavy atom. The number of pyridine rings is 1. The number of carbonyl (C=O) groups excluding carboxylic acids is 1. The summed E-state index contributed by atoms with van der Waals surface area (Å²) in [6.07, 6.45) is 1.11. The first kappa shape index (κ1) is 11.1. The Labute approximate surface area is 95.7 Å². The predicted octanol–water partition coefficient (Wildman–Crippen LogP) is 1.43. The van der Waals surface area contributed by atoms with Crippen LogP contribution >= 0.6 is 0 Å². The number of para-hydroxylation sites is 1. The maximum Gasteiger partial charge on any atom is 0.341 e. The van der Waals surface area contributed by atoms with Crippen LogP contribution in [0.3, 0.4) is 0 Å². The lowest BCUT2D eigenvalue weighted by Crippen LogP contribution is -2.16. The van der Waals surface area contributed by atoms with Crippen LogP contribution in [0, 0.1) is 0 Å². The number of nitrogens with one attached hydrogen (secondary N) is 1. The van der Waals surface area contributed by atoms with E-state index in [0.29, 0.717) is 11.1 Å². The Morgan fingerprint density at radius 2 is 1.94 bits per heavy atom. The van der Waals surface area contributed by atoms with Gasteiger partial charge in [0.25, 0.3) is 0 Å². The molecule has 0 amide bonds. The van der Waals surface area contributed by atoms with Crippen molar-refractivity contribution in [2.45, 2.75) is 6.92 Å². The van der Waals surface area contributed by atoms with Crippen molar-refractivity contribution in [1.29, 1.82) is 0 Å². The fourth-order valence-electron chi connectivity index (χ4n) is 1.70. The van der Waals surface area contributed by atoms with Gasteiger partial charge in [-0.15, -0.1) is 0 Å². The number of carboxylic acids is 1. The normalized spacial score (nSPS) is 10.4. The van der Waals surface area contributed by atoms with Crippen LogP contribution in [0.1, 0.15) is 27.6 Å². The molecule has 1 aromatic carbocycles. The lowest BCUT2D eigenvalue weighted by molar-refractivity contribution is 0.0695. The van der Waals surface area contributed by atoms with Gasteiger partial charge in [0.1, 0.15) is 5.56 Å². The van der Waals surface area contributed by atoms with Gasteiger partial charge < -0.3 is 10.1 Å². The maximum atomic E-state index is 11.8. The highest BCUT2D eigenvalue weighted by atomic mass is 16.4. The highest BCUT2D eigenvalue weighted by molar-refractivity contribution is 6.06. The van der Waals surface area contributed by atoms with Crippen molar-refractivity contribution in [2.24, 2.45) is 0 Å². The van der Waals surface area contributed by atoms with Gasteiger partial charge in [-0.05, 0) is 19.1 Å². The second-order valence-electron chi connectivity index (χ2n) is 3.62. The summed E-state index contributed by atoms with van der Waals surface area (Å²) in [4.78, 5) is 36.7. The van der Waals surface area contributed by atoms with Crippen LogP contribution in [0.15, 0.2) is 29.2 Å². The molecule has 0 unspecified atom stereocenters. The van der Waals surface area contributed by atoms with E-state index in [2.05, 4.69) is 4.98 Å². The molecule has 0 aliphatic rings. The van der Waals surface area contributed by atoms with Crippen LogP contribution < -0.4 is 5.43 Å². The second kappa shape index (κ2) is 3.86. The highest BCUT2D eigenvalue weighted by Crippen LogP contribution is 2.14. The van der Waals surface area contributed by atoms with Gasteiger partial charge in [-0.2, -0.15) is 0 Å². The highest BCUT2D eigenvalue weighted by Gasteiger charge is 2.14. The molecule has 0 radical (unpaired) electrons. The first-order chi connectivity index (χ1) is 8.02. The van der Waals surface area contributed by atoms with E-state index in [-0.39, 0.29) is 16.7 Å². The second-order valence-corrected chi connectivity index (χ2v) is 3.62. The smallest absolute Gasteiger partial charge is 0.341 e. The molecule has 1 heterocycles. The number of hydrogen-bond donors (Lipinski definition) is 2. The van der Waals surface area contributed by atoms with E-state index in [1.54, 1.807) is 12.1 Å². The van der Waals surface area contributed by atoms with Gasteiger partial charge in [0, 0.05) is 17.1 Å². The Kier molecular flexibility index (Phi) is 2.51. The van der Waals surface area contributed by atoms with Crippen LogP contribution in [-0.2, 0) is 0 Å². The average Bonchev–Trinajstić information content (AvgIpc) is 2.28. The van der Waals surface area contributed by atoms with Gasteiger partial charge in [-0.1, -0.05) is 6.07 Å². The maximum absolute atomic E-state index is 11.8. The number of ketones is 1. The number of fused-ring (bicyclic) bond motifs is 1. The predicted molar refractivity (Wildman–Crippen MR) is 61.5 cm³/mol. The van der Waals surface area contributed by atoms with Crippen LogP contribution in [0.4, 0.5) is 0 Å². The molecule has 0 aliphatic carbocycles. The van der Waals surface area contributed by atoms with Gasteiger partial charge in [0.2, 0.25) is 5.43 Å². The Bertz CT molecular complexity index is 684. The third-order valence-electron chi connectivity index (χ3n) is 2.52. The molecule has 5 nitrogen and oxygen atoms in total. The summed E-state index contributed by atoms with van der Waals surface area (Å²) in [5.41, 5.74) is -0.181. The number of aromatic nitrogens is 1. The van der Waals surface area contributed by atoms with Crippen LogP contribution in [0.25, 0.3) is 10.9 Å². The molecular weight excluding hydrogens is 222 g/mol. The summed E-state index contributed by atoms with van der Waals surface area (Å²) in [5, 5.41) is 9.02. The molecule has 86 valence electrons. The molecular formula is C12H9NO4. The zero-order valence-corrected chi connectivity index (χ0v) is 8.98. The standard InChI is InChI=1S/C12H9NO4/c1-6(14)7-3-2-4-8-10(7)13-5-9(11(8)15)12(16)17/h2-5H,1H3,(H,13,15)(H,16,17). The number of aromatic amines is 1. The van der Waals surface area contributed by atoms with E-state index in [0.717, 1.165) is 6.20 Å². The average molecular weight is 231 g/mol. The molecule has 2 rings (SSSR count). The number of Topliss-reactive ketones (excluding diaryl/α,β-unsaturated/α-hetero) is 1. The zero-order chi connectivity index (χ0) is 12.6. The van der Waals surface area contributed by atoms with Crippen molar-refractivity contribution < 1.29 is 14.7 Å². The molecule has 17 heavy (non-hydrogen) atoms. The van der Waals surface area contributed by atoms with E-state index in [4.69, 9.17) is 5.11 Å². The topological polar surface area (TPSA) is 87.2 Å². The van der Waals surface area contributed by atoms with Crippen molar-refractivity contribution in [1.82, 2.24) is 4.98 Å². The van der Waals surface area contributed by atoms with Crippen molar-refractivity contribution in [3.05, 3.63) is 45.7 Å². The van der Waals surface area contributed by atoms with E-state index in [9.17, 15) is 14.4 Å². The summed E-state index contributed by atoms with van der Waals surface area (Å²) in [5.74, 6) is -1.48. The summed E-state index contributed by atoms with van der Waals surface area (Å²) in [6, 6.07) is 4.63. The molecule has 0 atom stereocenters. The minimum atomic E-state index is -1.29. The molecule has 0 fully saturated rings. The zero-order valence-electron chi connectivity index (χ0n) is 8.98. The van der Waals surface area contributed by atoms with E-state index in [1.165, 1.54) is 13.0 Å².